The van der Waals surface area contributed by atoms with Gasteiger partial charge in [-0.1, -0.05) is 36.8 Å². The van der Waals surface area contributed by atoms with E-state index in [1.807, 2.05) is 11.0 Å². The van der Waals surface area contributed by atoms with Crippen LogP contribution in [0.25, 0.3) is 0 Å². The molecule has 0 bridgehead atoms. The van der Waals surface area contributed by atoms with E-state index in [0.717, 1.165) is 57.2 Å². The molecule has 2 heterocycles. The quantitative estimate of drug-likeness (QED) is 0.561. The van der Waals surface area contributed by atoms with Crippen LogP contribution in [0.1, 0.15) is 49.7 Å². The first-order valence-electron chi connectivity index (χ1n) is 12.5. The molecule has 184 valence electrons. The summed E-state index contributed by atoms with van der Waals surface area (Å²) in [5, 5.41) is 0. The van der Waals surface area contributed by atoms with Gasteiger partial charge in [0.1, 0.15) is 5.75 Å². The van der Waals surface area contributed by atoms with Gasteiger partial charge in [0.05, 0.1) is 12.0 Å². The van der Waals surface area contributed by atoms with Crippen molar-refractivity contribution in [2.24, 2.45) is 5.92 Å². The normalized spacial score (nSPS) is 18.1. The van der Waals surface area contributed by atoms with Crippen molar-refractivity contribution < 1.29 is 17.9 Å². The van der Waals surface area contributed by atoms with Crippen LogP contribution in [0.3, 0.4) is 0 Å². The summed E-state index contributed by atoms with van der Waals surface area (Å²) in [6.07, 6.45) is 6.81. The van der Waals surface area contributed by atoms with E-state index in [1.165, 1.54) is 5.56 Å². The van der Waals surface area contributed by atoms with Gasteiger partial charge in [-0.15, -0.1) is 0 Å². The number of rotatable bonds is 8. The number of methoxy groups -OCH3 is 1. The number of carbonyl (C=O) groups is 1. The van der Waals surface area contributed by atoms with E-state index in [4.69, 9.17) is 4.74 Å². The fourth-order valence-corrected chi connectivity index (χ4v) is 6.67. The second kappa shape index (κ2) is 11.4. The number of benzene rings is 2. The van der Waals surface area contributed by atoms with Gasteiger partial charge in [-0.3, -0.25) is 4.79 Å². The van der Waals surface area contributed by atoms with E-state index < -0.39 is 10.0 Å². The Hall–Kier alpha value is -2.38. The van der Waals surface area contributed by atoms with E-state index in [-0.39, 0.29) is 5.91 Å². The topological polar surface area (TPSA) is 66.9 Å². The van der Waals surface area contributed by atoms with Crippen molar-refractivity contribution in [1.29, 1.82) is 0 Å². The number of aryl methyl sites for hydroxylation is 1. The first-order valence-corrected chi connectivity index (χ1v) is 13.9. The molecule has 0 atom stereocenters. The SMILES string of the molecule is COc1ccc(S(=O)(=O)N2CCCCC2)cc1CCC(=O)N1CCC(Cc2ccccc2)CC1. The monoisotopic (exact) mass is 484 g/mol. The van der Waals surface area contributed by atoms with Crippen molar-refractivity contribution in [3.8, 4) is 5.75 Å². The van der Waals surface area contributed by atoms with Gasteiger partial charge in [0, 0.05) is 32.6 Å². The van der Waals surface area contributed by atoms with Crippen LogP contribution in [0.2, 0.25) is 0 Å². The fraction of sp³-hybridized carbons (Fsp3) is 0.519. The Bertz CT molecular complexity index is 1060. The van der Waals surface area contributed by atoms with Crippen molar-refractivity contribution in [1.82, 2.24) is 9.21 Å². The number of carbonyl (C=O) groups excluding carboxylic acids is 1. The maximum atomic E-state index is 13.1. The number of sulfonamides is 1. The predicted octanol–water partition coefficient (Wildman–Crippen LogP) is 4.28. The van der Waals surface area contributed by atoms with Gasteiger partial charge in [0.15, 0.2) is 0 Å². The number of hydrogen-bond donors (Lipinski definition) is 0. The van der Waals surface area contributed by atoms with Gasteiger partial charge in [-0.25, -0.2) is 8.42 Å². The molecule has 0 N–H and O–H groups in total. The molecule has 2 aromatic carbocycles. The van der Waals surface area contributed by atoms with Crippen LogP contribution in [0.4, 0.5) is 0 Å². The third kappa shape index (κ3) is 5.99. The Kier molecular flexibility index (Phi) is 8.27. The molecule has 1 amide bonds. The molecule has 2 fully saturated rings. The summed E-state index contributed by atoms with van der Waals surface area (Å²) in [7, 11) is -1.94. The number of amides is 1. The molecule has 0 spiro atoms. The zero-order chi connectivity index (χ0) is 24.0. The van der Waals surface area contributed by atoms with Crippen LogP contribution in [0.15, 0.2) is 53.4 Å². The summed E-state index contributed by atoms with van der Waals surface area (Å²) in [6, 6.07) is 15.6. The van der Waals surface area contributed by atoms with Crippen molar-refractivity contribution in [3.05, 3.63) is 59.7 Å². The summed E-state index contributed by atoms with van der Waals surface area (Å²) in [5.41, 5.74) is 2.13. The molecule has 2 saturated heterocycles. The van der Waals surface area contributed by atoms with Gasteiger partial charge in [-0.2, -0.15) is 4.31 Å². The third-order valence-corrected chi connectivity index (χ3v) is 9.04. The number of hydrogen-bond acceptors (Lipinski definition) is 4. The van der Waals surface area contributed by atoms with Gasteiger partial charge >= 0.3 is 0 Å². The maximum absolute atomic E-state index is 13.1. The second-order valence-electron chi connectivity index (χ2n) is 9.45. The predicted molar refractivity (Wildman–Crippen MR) is 133 cm³/mol. The third-order valence-electron chi connectivity index (χ3n) is 7.15. The van der Waals surface area contributed by atoms with Gasteiger partial charge in [-0.05, 0) is 73.8 Å². The van der Waals surface area contributed by atoms with Crippen LogP contribution in [0, 0.1) is 5.92 Å². The summed E-state index contributed by atoms with van der Waals surface area (Å²) in [4.78, 5) is 15.2. The summed E-state index contributed by atoms with van der Waals surface area (Å²) < 4.78 is 33.2. The highest BCUT2D eigenvalue weighted by atomic mass is 32.2. The smallest absolute Gasteiger partial charge is 0.243 e. The minimum absolute atomic E-state index is 0.129. The van der Waals surface area contributed by atoms with Crippen LogP contribution in [0.5, 0.6) is 5.75 Å². The molecule has 7 heteroatoms. The van der Waals surface area contributed by atoms with Crippen LogP contribution in [-0.4, -0.2) is 56.8 Å². The molecular formula is C27H36N2O4S. The maximum Gasteiger partial charge on any atom is 0.243 e. The molecule has 0 unspecified atom stereocenters. The highest BCUT2D eigenvalue weighted by Gasteiger charge is 2.27. The Morgan fingerprint density at radius 2 is 1.68 bits per heavy atom. The van der Waals surface area contributed by atoms with E-state index in [2.05, 4.69) is 24.3 Å². The Labute approximate surface area is 204 Å². The van der Waals surface area contributed by atoms with Crippen LogP contribution < -0.4 is 4.74 Å². The molecule has 2 aromatic rings. The van der Waals surface area contributed by atoms with E-state index in [9.17, 15) is 13.2 Å². The van der Waals surface area contributed by atoms with E-state index in [1.54, 1.807) is 29.6 Å². The van der Waals surface area contributed by atoms with Gasteiger partial charge < -0.3 is 9.64 Å². The minimum atomic E-state index is -3.52. The lowest BCUT2D eigenvalue weighted by molar-refractivity contribution is -0.132. The summed E-state index contributed by atoms with van der Waals surface area (Å²) >= 11 is 0. The second-order valence-corrected chi connectivity index (χ2v) is 11.4. The van der Waals surface area contributed by atoms with Crippen molar-refractivity contribution >= 4 is 15.9 Å². The molecule has 2 aliphatic rings. The Morgan fingerprint density at radius 3 is 2.35 bits per heavy atom. The molecule has 34 heavy (non-hydrogen) atoms. The lowest BCUT2D eigenvalue weighted by Gasteiger charge is -2.32. The lowest BCUT2D eigenvalue weighted by atomic mass is 9.90. The zero-order valence-corrected chi connectivity index (χ0v) is 20.9. The molecular weight excluding hydrogens is 448 g/mol. The molecule has 0 aliphatic carbocycles. The first kappa shape index (κ1) is 24.7. The van der Waals surface area contributed by atoms with Crippen molar-refractivity contribution in [2.75, 3.05) is 33.3 Å². The number of nitrogens with zero attached hydrogens (tertiary/aromatic N) is 2. The van der Waals surface area contributed by atoms with Crippen LogP contribution in [-0.2, 0) is 27.7 Å². The average molecular weight is 485 g/mol. The average Bonchev–Trinajstić information content (AvgIpc) is 2.88. The van der Waals surface area contributed by atoms with E-state index in [0.29, 0.717) is 42.5 Å². The molecule has 0 saturated carbocycles. The van der Waals surface area contributed by atoms with Gasteiger partial charge in [0.2, 0.25) is 15.9 Å². The van der Waals surface area contributed by atoms with Crippen molar-refractivity contribution in [2.45, 2.75) is 56.3 Å². The van der Waals surface area contributed by atoms with Crippen molar-refractivity contribution in [3.63, 3.8) is 0 Å². The Morgan fingerprint density at radius 1 is 0.971 bits per heavy atom. The highest BCUT2D eigenvalue weighted by Crippen LogP contribution is 2.28. The fourth-order valence-electron chi connectivity index (χ4n) is 5.10. The standard InChI is InChI=1S/C27H36N2O4S/c1-33-26-12-11-25(34(31,32)29-16-6-3-7-17-29)21-24(26)10-13-27(30)28-18-14-23(15-19-28)20-22-8-4-2-5-9-22/h2,4-5,8-9,11-12,21,23H,3,6-7,10,13-20H2,1H3. The summed E-state index contributed by atoms with van der Waals surface area (Å²) in [6.45, 7) is 2.72. The number of ether oxygens (including phenoxy) is 1. The number of piperidine rings is 2. The highest BCUT2D eigenvalue weighted by molar-refractivity contribution is 7.89. The molecule has 4 rings (SSSR count). The molecule has 6 nitrogen and oxygen atoms in total. The minimum Gasteiger partial charge on any atom is -0.496 e. The largest absolute Gasteiger partial charge is 0.496 e. The van der Waals surface area contributed by atoms with Gasteiger partial charge in [0.25, 0.3) is 0 Å². The van der Waals surface area contributed by atoms with E-state index >= 15 is 0 Å². The Balaban J connectivity index is 1.34. The zero-order valence-electron chi connectivity index (χ0n) is 20.1. The molecule has 2 aliphatic heterocycles. The van der Waals surface area contributed by atoms with Crippen LogP contribution >= 0.6 is 0 Å². The lowest BCUT2D eigenvalue weighted by Crippen LogP contribution is -2.39. The summed E-state index contributed by atoms with van der Waals surface area (Å²) in [5.74, 6) is 1.37. The molecule has 0 aromatic heterocycles. The molecule has 0 radical (unpaired) electrons. The number of likely N-dealkylation sites (tertiary alicyclic amines) is 1. The first-order chi connectivity index (χ1) is 16.5.